The zero-order chi connectivity index (χ0) is 15.0. The summed E-state index contributed by atoms with van der Waals surface area (Å²) < 4.78 is 5.49. The molecule has 0 bridgehead atoms. The zero-order valence-corrected chi connectivity index (χ0v) is 13.5. The second kappa shape index (κ2) is 3.79. The normalized spacial score (nSPS) is 52.7. The van der Waals surface area contributed by atoms with Gasteiger partial charge in [0.1, 0.15) is 11.7 Å². The Morgan fingerprint density at radius 1 is 1.15 bits per heavy atom. The number of hydrogen-bond acceptors (Lipinski definition) is 3. The Hall–Kier alpha value is -0.570. The second-order valence-electron chi connectivity index (χ2n) is 8.55. The summed E-state index contributed by atoms with van der Waals surface area (Å²) in [5, 5.41) is 11.0. The standard InChI is InChI=1S/C17H28O3/c1-11(18)20-13-10-15(4)8-6-7-14(2,3)17(15)9-12(17)16(13,5)19/h12-13,19H,6-10H2,1-5H3. The molecule has 114 valence electrons. The van der Waals surface area contributed by atoms with Crippen molar-refractivity contribution < 1.29 is 14.6 Å². The summed E-state index contributed by atoms with van der Waals surface area (Å²) >= 11 is 0. The first-order valence-corrected chi connectivity index (χ1v) is 7.96. The number of aliphatic hydroxyl groups is 1. The van der Waals surface area contributed by atoms with E-state index in [0.717, 1.165) is 12.8 Å². The van der Waals surface area contributed by atoms with E-state index in [1.54, 1.807) is 0 Å². The molecule has 3 heteroatoms. The average molecular weight is 280 g/mol. The van der Waals surface area contributed by atoms with E-state index in [1.807, 2.05) is 6.92 Å². The van der Waals surface area contributed by atoms with E-state index in [2.05, 4.69) is 20.8 Å². The van der Waals surface area contributed by atoms with Gasteiger partial charge in [0.25, 0.3) is 0 Å². The molecule has 0 aliphatic heterocycles. The van der Waals surface area contributed by atoms with Gasteiger partial charge in [-0.15, -0.1) is 0 Å². The Balaban J connectivity index is 1.99. The summed E-state index contributed by atoms with van der Waals surface area (Å²) in [5.74, 6) is -0.00417. The fourth-order valence-electron chi connectivity index (χ4n) is 6.05. The average Bonchev–Trinajstić information content (AvgIpc) is 3.02. The predicted molar refractivity (Wildman–Crippen MR) is 77.1 cm³/mol. The van der Waals surface area contributed by atoms with Gasteiger partial charge in [-0.2, -0.15) is 0 Å². The van der Waals surface area contributed by atoms with E-state index >= 15 is 0 Å². The summed E-state index contributed by atoms with van der Waals surface area (Å²) in [4.78, 5) is 11.4. The van der Waals surface area contributed by atoms with Crippen LogP contribution in [0.3, 0.4) is 0 Å². The molecule has 0 aromatic rings. The van der Waals surface area contributed by atoms with Crippen molar-refractivity contribution in [3.63, 3.8) is 0 Å². The SMILES string of the molecule is CC(=O)OC1CC2(C)CCCC(C)(C)C23CC3C1(C)O. The van der Waals surface area contributed by atoms with Crippen LogP contribution in [0, 0.1) is 22.2 Å². The van der Waals surface area contributed by atoms with E-state index in [1.165, 1.54) is 26.2 Å². The van der Waals surface area contributed by atoms with Gasteiger partial charge >= 0.3 is 5.97 Å². The minimum absolute atomic E-state index is 0.196. The molecule has 3 rings (SSSR count). The highest BCUT2D eigenvalue weighted by molar-refractivity contribution is 5.66. The van der Waals surface area contributed by atoms with Gasteiger partial charge in [-0.3, -0.25) is 4.79 Å². The highest BCUT2D eigenvalue weighted by Crippen LogP contribution is 2.82. The Kier molecular flexibility index (Phi) is 2.72. The first-order valence-electron chi connectivity index (χ1n) is 7.96. The number of hydrogen-bond donors (Lipinski definition) is 1. The summed E-state index contributed by atoms with van der Waals surface area (Å²) in [6.07, 6.45) is 5.22. The van der Waals surface area contributed by atoms with E-state index in [-0.39, 0.29) is 34.2 Å². The summed E-state index contributed by atoms with van der Waals surface area (Å²) in [6.45, 7) is 10.4. The quantitative estimate of drug-likeness (QED) is 0.750. The van der Waals surface area contributed by atoms with Crippen LogP contribution in [0.25, 0.3) is 0 Å². The van der Waals surface area contributed by atoms with Crippen LogP contribution in [-0.4, -0.2) is 22.8 Å². The van der Waals surface area contributed by atoms with Gasteiger partial charge < -0.3 is 9.84 Å². The lowest BCUT2D eigenvalue weighted by Crippen LogP contribution is -2.59. The summed E-state index contributed by atoms with van der Waals surface area (Å²) in [5.41, 5.74) is -0.171. The molecule has 3 aliphatic carbocycles. The number of carbonyl (C=O) groups excluding carboxylic acids is 1. The third kappa shape index (κ3) is 1.53. The topological polar surface area (TPSA) is 46.5 Å². The smallest absolute Gasteiger partial charge is 0.303 e. The van der Waals surface area contributed by atoms with E-state index in [0.29, 0.717) is 0 Å². The molecule has 5 unspecified atom stereocenters. The lowest BCUT2D eigenvalue weighted by atomic mass is 9.47. The van der Waals surface area contributed by atoms with Gasteiger partial charge in [0.05, 0.1) is 0 Å². The zero-order valence-electron chi connectivity index (χ0n) is 13.5. The molecule has 5 atom stereocenters. The fourth-order valence-corrected chi connectivity index (χ4v) is 6.05. The van der Waals surface area contributed by atoms with Gasteiger partial charge in [-0.1, -0.05) is 27.2 Å². The van der Waals surface area contributed by atoms with Crippen LogP contribution >= 0.6 is 0 Å². The van der Waals surface area contributed by atoms with E-state index in [4.69, 9.17) is 4.74 Å². The lowest BCUT2D eigenvalue weighted by Gasteiger charge is -2.59. The van der Waals surface area contributed by atoms with Gasteiger partial charge in [-0.05, 0) is 54.8 Å². The van der Waals surface area contributed by atoms with Crippen LogP contribution in [0.1, 0.15) is 66.7 Å². The molecule has 0 radical (unpaired) electrons. The Labute approximate surface area is 122 Å². The minimum Gasteiger partial charge on any atom is -0.459 e. The van der Waals surface area contributed by atoms with Gasteiger partial charge in [0.2, 0.25) is 0 Å². The molecule has 20 heavy (non-hydrogen) atoms. The maximum Gasteiger partial charge on any atom is 0.303 e. The Morgan fingerprint density at radius 3 is 2.40 bits per heavy atom. The molecule has 0 aromatic carbocycles. The molecule has 3 saturated carbocycles. The monoisotopic (exact) mass is 280 g/mol. The Morgan fingerprint density at radius 2 is 1.80 bits per heavy atom. The summed E-state index contributed by atoms with van der Waals surface area (Å²) in [7, 11) is 0. The predicted octanol–water partition coefficient (Wildman–Crippen LogP) is 3.30. The number of rotatable bonds is 1. The minimum atomic E-state index is -0.875. The fraction of sp³-hybridized carbons (Fsp3) is 0.941. The van der Waals surface area contributed by atoms with Crippen molar-refractivity contribution in [2.24, 2.45) is 22.2 Å². The van der Waals surface area contributed by atoms with E-state index in [9.17, 15) is 9.90 Å². The maximum atomic E-state index is 11.4. The first kappa shape index (κ1) is 14.4. The molecule has 1 spiro atoms. The summed E-state index contributed by atoms with van der Waals surface area (Å²) in [6, 6.07) is 0. The number of esters is 1. The molecular weight excluding hydrogens is 252 g/mol. The van der Waals surface area contributed by atoms with Gasteiger partial charge in [-0.25, -0.2) is 0 Å². The molecule has 1 N–H and O–H groups in total. The van der Waals surface area contributed by atoms with Crippen molar-refractivity contribution in [1.82, 2.24) is 0 Å². The van der Waals surface area contributed by atoms with Crippen molar-refractivity contribution in [3.8, 4) is 0 Å². The van der Waals surface area contributed by atoms with Crippen LogP contribution in [-0.2, 0) is 9.53 Å². The third-order valence-electron chi connectivity index (χ3n) is 7.08. The highest BCUT2D eigenvalue weighted by atomic mass is 16.6. The van der Waals surface area contributed by atoms with Crippen molar-refractivity contribution in [2.45, 2.75) is 78.4 Å². The van der Waals surface area contributed by atoms with Crippen LogP contribution in [0.15, 0.2) is 0 Å². The molecule has 0 aromatic heterocycles. The third-order valence-corrected chi connectivity index (χ3v) is 7.08. The van der Waals surface area contributed by atoms with Crippen LogP contribution in [0.5, 0.6) is 0 Å². The Bertz CT molecular complexity index is 453. The molecule has 0 heterocycles. The van der Waals surface area contributed by atoms with Crippen molar-refractivity contribution in [2.75, 3.05) is 0 Å². The van der Waals surface area contributed by atoms with Crippen molar-refractivity contribution in [1.29, 1.82) is 0 Å². The first-order chi connectivity index (χ1) is 9.07. The second-order valence-corrected chi connectivity index (χ2v) is 8.55. The van der Waals surface area contributed by atoms with Crippen molar-refractivity contribution in [3.05, 3.63) is 0 Å². The van der Waals surface area contributed by atoms with Crippen molar-refractivity contribution >= 4 is 5.97 Å². The van der Waals surface area contributed by atoms with Crippen LogP contribution < -0.4 is 0 Å². The van der Waals surface area contributed by atoms with Crippen LogP contribution in [0.4, 0.5) is 0 Å². The van der Waals surface area contributed by atoms with Gasteiger partial charge in [0, 0.05) is 6.92 Å². The largest absolute Gasteiger partial charge is 0.459 e. The van der Waals surface area contributed by atoms with Crippen LogP contribution in [0.2, 0.25) is 0 Å². The molecule has 3 aliphatic rings. The van der Waals surface area contributed by atoms with E-state index < -0.39 is 5.60 Å². The number of ether oxygens (including phenoxy) is 1. The molecule has 0 amide bonds. The molecule has 3 fully saturated rings. The number of carbonyl (C=O) groups is 1. The molecule has 3 nitrogen and oxygen atoms in total. The highest BCUT2D eigenvalue weighted by Gasteiger charge is 2.79. The van der Waals surface area contributed by atoms with Gasteiger partial charge in [0.15, 0.2) is 0 Å². The maximum absolute atomic E-state index is 11.4. The molecule has 0 saturated heterocycles. The molecular formula is C17H28O3. The lowest BCUT2D eigenvalue weighted by molar-refractivity contribution is -0.201.